The summed E-state index contributed by atoms with van der Waals surface area (Å²) in [7, 11) is 0. The molecule has 0 spiro atoms. The van der Waals surface area contributed by atoms with Gasteiger partial charge in [0.25, 0.3) is 0 Å². The van der Waals surface area contributed by atoms with Gasteiger partial charge in [0, 0.05) is 32.5 Å². The van der Waals surface area contributed by atoms with Gasteiger partial charge >= 0.3 is 0 Å². The standard InChI is InChI=1S/C11H20IN3O3/c1-2-3-9(16)13-5-4-10(17)14-6-7-15-11(18)8-12/h2-8H2,1H3,(H,13,16)(H,14,17)(H,15,18). The number of alkyl halides is 1. The average Bonchev–Trinajstić information content (AvgIpc) is 2.34. The van der Waals surface area contributed by atoms with Crippen molar-refractivity contribution in [1.29, 1.82) is 0 Å². The molecule has 0 aliphatic carbocycles. The quantitative estimate of drug-likeness (QED) is 0.303. The SMILES string of the molecule is CCCC(=O)NCCC(=O)NCCNC(=O)CI. The van der Waals surface area contributed by atoms with E-state index in [-0.39, 0.29) is 24.1 Å². The van der Waals surface area contributed by atoms with Crippen molar-refractivity contribution in [2.45, 2.75) is 26.2 Å². The molecule has 0 aliphatic heterocycles. The van der Waals surface area contributed by atoms with Gasteiger partial charge in [-0.2, -0.15) is 0 Å². The topological polar surface area (TPSA) is 87.3 Å². The molecule has 3 amide bonds. The van der Waals surface area contributed by atoms with Crippen LogP contribution in [0.25, 0.3) is 0 Å². The average molecular weight is 369 g/mol. The fraction of sp³-hybridized carbons (Fsp3) is 0.727. The van der Waals surface area contributed by atoms with E-state index in [0.717, 1.165) is 6.42 Å². The van der Waals surface area contributed by atoms with Crippen molar-refractivity contribution in [3.05, 3.63) is 0 Å². The van der Waals surface area contributed by atoms with Crippen molar-refractivity contribution in [2.24, 2.45) is 0 Å². The van der Waals surface area contributed by atoms with Crippen LogP contribution < -0.4 is 16.0 Å². The Morgan fingerprint density at radius 3 is 1.89 bits per heavy atom. The molecule has 0 rings (SSSR count). The molecule has 0 aromatic carbocycles. The minimum absolute atomic E-state index is 0.0281. The molecule has 18 heavy (non-hydrogen) atoms. The number of carbonyl (C=O) groups is 3. The highest BCUT2D eigenvalue weighted by Gasteiger charge is 2.03. The van der Waals surface area contributed by atoms with E-state index < -0.39 is 0 Å². The number of halogens is 1. The van der Waals surface area contributed by atoms with Gasteiger partial charge < -0.3 is 16.0 Å². The zero-order chi connectivity index (χ0) is 13.8. The molecule has 0 aromatic heterocycles. The Hall–Kier alpha value is -0.860. The van der Waals surface area contributed by atoms with Crippen LogP contribution in [0.3, 0.4) is 0 Å². The maximum absolute atomic E-state index is 11.3. The smallest absolute Gasteiger partial charge is 0.229 e. The second-order valence-electron chi connectivity index (χ2n) is 3.68. The molecule has 0 atom stereocenters. The Bertz CT molecular complexity index is 285. The molecule has 3 N–H and O–H groups in total. The Morgan fingerprint density at radius 1 is 0.833 bits per heavy atom. The van der Waals surface area contributed by atoms with Gasteiger partial charge in [0.2, 0.25) is 17.7 Å². The van der Waals surface area contributed by atoms with Crippen LogP contribution in [0.1, 0.15) is 26.2 Å². The summed E-state index contributed by atoms with van der Waals surface area (Å²) in [6.07, 6.45) is 1.55. The number of hydrogen-bond acceptors (Lipinski definition) is 3. The van der Waals surface area contributed by atoms with Crippen molar-refractivity contribution >= 4 is 40.3 Å². The van der Waals surface area contributed by atoms with Crippen molar-refractivity contribution in [3.63, 3.8) is 0 Å². The molecule has 0 aliphatic rings. The van der Waals surface area contributed by atoms with E-state index in [1.165, 1.54) is 0 Å². The predicted molar refractivity (Wildman–Crippen MR) is 77.4 cm³/mol. The number of carbonyl (C=O) groups excluding carboxylic acids is 3. The van der Waals surface area contributed by atoms with Crippen LogP contribution >= 0.6 is 22.6 Å². The van der Waals surface area contributed by atoms with E-state index in [0.29, 0.717) is 30.5 Å². The molecule has 0 saturated heterocycles. The molecule has 0 unspecified atom stereocenters. The number of nitrogens with one attached hydrogen (secondary N) is 3. The van der Waals surface area contributed by atoms with E-state index in [9.17, 15) is 14.4 Å². The van der Waals surface area contributed by atoms with Crippen LogP contribution in [-0.4, -0.2) is 41.8 Å². The lowest BCUT2D eigenvalue weighted by atomic mass is 10.3. The van der Waals surface area contributed by atoms with Gasteiger partial charge in [0.15, 0.2) is 0 Å². The zero-order valence-electron chi connectivity index (χ0n) is 10.6. The molecule has 6 nitrogen and oxygen atoms in total. The monoisotopic (exact) mass is 369 g/mol. The highest BCUT2D eigenvalue weighted by Crippen LogP contribution is 1.86. The summed E-state index contributed by atoms with van der Waals surface area (Å²) in [5.74, 6) is -0.202. The van der Waals surface area contributed by atoms with E-state index in [4.69, 9.17) is 0 Å². The first kappa shape index (κ1) is 17.1. The first-order chi connectivity index (χ1) is 8.60. The zero-order valence-corrected chi connectivity index (χ0v) is 12.7. The van der Waals surface area contributed by atoms with Crippen molar-refractivity contribution in [2.75, 3.05) is 24.1 Å². The van der Waals surface area contributed by atoms with E-state index in [1.54, 1.807) is 0 Å². The Balaban J connectivity index is 3.43. The molecule has 0 heterocycles. The second-order valence-corrected chi connectivity index (χ2v) is 4.45. The molecule has 7 heteroatoms. The molecule has 0 radical (unpaired) electrons. The number of hydrogen-bond donors (Lipinski definition) is 3. The fourth-order valence-electron chi connectivity index (χ4n) is 1.17. The maximum Gasteiger partial charge on any atom is 0.229 e. The van der Waals surface area contributed by atoms with E-state index >= 15 is 0 Å². The number of rotatable bonds is 9. The summed E-state index contributed by atoms with van der Waals surface area (Å²) in [5, 5.41) is 7.97. The summed E-state index contributed by atoms with van der Waals surface area (Å²) in [6.45, 7) is 3.11. The first-order valence-corrected chi connectivity index (χ1v) is 7.48. The summed E-state index contributed by atoms with van der Waals surface area (Å²) in [5.41, 5.74) is 0. The molecule has 0 saturated carbocycles. The highest BCUT2D eigenvalue weighted by molar-refractivity contribution is 14.1. The molecule has 0 fully saturated rings. The molecule has 0 bridgehead atoms. The third-order valence-electron chi connectivity index (χ3n) is 2.04. The third kappa shape index (κ3) is 10.3. The molecular formula is C11H20IN3O3. The van der Waals surface area contributed by atoms with E-state index in [2.05, 4.69) is 16.0 Å². The number of amides is 3. The normalized spacial score (nSPS) is 9.67. The summed E-state index contributed by atoms with van der Waals surface area (Å²) < 4.78 is 0.412. The van der Waals surface area contributed by atoms with Crippen LogP contribution in [0, 0.1) is 0 Å². The van der Waals surface area contributed by atoms with Gasteiger partial charge in [-0.15, -0.1) is 0 Å². The van der Waals surface area contributed by atoms with Gasteiger partial charge in [-0.25, -0.2) is 0 Å². The van der Waals surface area contributed by atoms with Gasteiger partial charge in [-0.3, -0.25) is 14.4 Å². The first-order valence-electron chi connectivity index (χ1n) is 5.96. The lowest BCUT2D eigenvalue weighted by molar-refractivity contribution is -0.123. The highest BCUT2D eigenvalue weighted by atomic mass is 127. The van der Waals surface area contributed by atoms with Crippen LogP contribution in [0.2, 0.25) is 0 Å². The summed E-state index contributed by atoms with van der Waals surface area (Å²) in [4.78, 5) is 33.3. The second kappa shape index (κ2) is 11.2. The van der Waals surface area contributed by atoms with Gasteiger partial charge in [0.1, 0.15) is 0 Å². The van der Waals surface area contributed by atoms with E-state index in [1.807, 2.05) is 29.5 Å². The fourth-order valence-corrected chi connectivity index (χ4v) is 1.44. The van der Waals surface area contributed by atoms with Crippen LogP contribution in [0.15, 0.2) is 0 Å². The van der Waals surface area contributed by atoms with Crippen LogP contribution in [0.4, 0.5) is 0 Å². The minimum atomic E-state index is -0.129. The van der Waals surface area contributed by atoms with Gasteiger partial charge in [0.05, 0.1) is 4.43 Å². The molecular weight excluding hydrogens is 349 g/mol. The van der Waals surface area contributed by atoms with Crippen molar-refractivity contribution in [3.8, 4) is 0 Å². The molecule has 0 aromatic rings. The van der Waals surface area contributed by atoms with Crippen molar-refractivity contribution in [1.82, 2.24) is 16.0 Å². The maximum atomic E-state index is 11.3. The van der Waals surface area contributed by atoms with Crippen LogP contribution in [0.5, 0.6) is 0 Å². The minimum Gasteiger partial charge on any atom is -0.356 e. The lowest BCUT2D eigenvalue weighted by Crippen LogP contribution is -2.36. The molecule has 104 valence electrons. The third-order valence-corrected chi connectivity index (χ3v) is 2.73. The Morgan fingerprint density at radius 2 is 1.33 bits per heavy atom. The Kier molecular flexibility index (Phi) is 10.7. The van der Waals surface area contributed by atoms with Gasteiger partial charge in [-0.1, -0.05) is 29.5 Å². The van der Waals surface area contributed by atoms with Gasteiger partial charge in [-0.05, 0) is 6.42 Å². The largest absolute Gasteiger partial charge is 0.356 e. The summed E-state index contributed by atoms with van der Waals surface area (Å²) >= 11 is 1.97. The van der Waals surface area contributed by atoms with Crippen molar-refractivity contribution < 1.29 is 14.4 Å². The summed E-state index contributed by atoms with van der Waals surface area (Å²) in [6, 6.07) is 0. The lowest BCUT2D eigenvalue weighted by Gasteiger charge is -2.07. The van der Waals surface area contributed by atoms with Crippen LogP contribution in [-0.2, 0) is 14.4 Å². The predicted octanol–water partition coefficient (Wildman–Crippen LogP) is -0.0398. The Labute approximate surface area is 121 Å².